The van der Waals surface area contributed by atoms with Gasteiger partial charge in [0.2, 0.25) is 5.91 Å². The van der Waals surface area contributed by atoms with Crippen LogP contribution < -0.4 is 10.2 Å². The zero-order chi connectivity index (χ0) is 16.6. The highest BCUT2D eigenvalue weighted by Gasteiger charge is 2.31. The maximum atomic E-state index is 12.6. The van der Waals surface area contributed by atoms with E-state index in [1.165, 1.54) is 0 Å². The van der Waals surface area contributed by atoms with Crippen LogP contribution in [0, 0.1) is 6.92 Å². The molecule has 0 saturated carbocycles. The molecule has 1 aliphatic heterocycles. The lowest BCUT2D eigenvalue weighted by Crippen LogP contribution is -2.48. The monoisotopic (exact) mass is 315 g/mol. The Bertz CT molecular complexity index is 707. The van der Waals surface area contributed by atoms with Crippen molar-refractivity contribution in [2.24, 2.45) is 0 Å². The topological polar surface area (TPSA) is 79.2 Å². The lowest BCUT2D eigenvalue weighted by molar-refractivity contribution is -0.122. The number of rotatable bonds is 3. The lowest BCUT2D eigenvalue weighted by atomic mass is 10.2. The zero-order valence-corrected chi connectivity index (χ0v) is 13.8. The van der Waals surface area contributed by atoms with Gasteiger partial charge in [-0.1, -0.05) is 0 Å². The number of carbonyl (C=O) groups excluding carboxylic acids is 1. The summed E-state index contributed by atoms with van der Waals surface area (Å²) in [5, 5.41) is 11.1. The van der Waals surface area contributed by atoms with Crippen LogP contribution in [0.2, 0.25) is 0 Å². The quantitative estimate of drug-likeness (QED) is 0.888. The summed E-state index contributed by atoms with van der Waals surface area (Å²) < 4.78 is 2.00. The van der Waals surface area contributed by atoms with E-state index in [0.29, 0.717) is 18.8 Å². The number of carbonyl (C=O) groups is 1. The number of nitrogens with zero attached hydrogens (tertiary/aromatic N) is 6. The Morgan fingerprint density at radius 2 is 2.13 bits per heavy atom. The van der Waals surface area contributed by atoms with Gasteiger partial charge in [-0.3, -0.25) is 9.69 Å². The molecule has 8 nitrogen and oxygen atoms in total. The molecular weight excluding hydrogens is 294 g/mol. The van der Waals surface area contributed by atoms with Crippen molar-refractivity contribution in [3.63, 3.8) is 0 Å². The smallest absolute Gasteiger partial charge is 0.243 e. The van der Waals surface area contributed by atoms with E-state index in [4.69, 9.17) is 0 Å². The van der Waals surface area contributed by atoms with Gasteiger partial charge in [-0.25, -0.2) is 4.98 Å². The Kier molecular flexibility index (Phi) is 3.99. The maximum absolute atomic E-state index is 12.6. The molecule has 3 heterocycles. The van der Waals surface area contributed by atoms with E-state index in [9.17, 15) is 4.79 Å². The van der Waals surface area contributed by atoms with E-state index in [-0.39, 0.29) is 11.9 Å². The number of anilines is 2. The second-order valence-electron chi connectivity index (χ2n) is 5.99. The average Bonchev–Trinajstić information content (AvgIpc) is 2.87. The average molecular weight is 315 g/mol. The molecule has 0 aliphatic carbocycles. The summed E-state index contributed by atoms with van der Waals surface area (Å²) in [6.07, 6.45) is 1.67. The van der Waals surface area contributed by atoms with Gasteiger partial charge in [0.25, 0.3) is 0 Å². The second kappa shape index (κ2) is 5.96. The van der Waals surface area contributed by atoms with Gasteiger partial charge < -0.3 is 14.8 Å². The Morgan fingerprint density at radius 1 is 1.35 bits per heavy atom. The molecule has 8 heteroatoms. The van der Waals surface area contributed by atoms with E-state index in [0.717, 1.165) is 17.5 Å². The van der Waals surface area contributed by atoms with Gasteiger partial charge in [-0.15, -0.1) is 10.2 Å². The van der Waals surface area contributed by atoms with E-state index >= 15 is 0 Å². The van der Waals surface area contributed by atoms with E-state index in [1.54, 1.807) is 6.20 Å². The molecule has 0 saturated heterocycles. The molecule has 0 fully saturated rings. The Labute approximate surface area is 135 Å². The zero-order valence-electron chi connectivity index (χ0n) is 13.8. The molecule has 2 aromatic heterocycles. The normalized spacial score (nSPS) is 17.7. The van der Waals surface area contributed by atoms with Crippen molar-refractivity contribution < 1.29 is 4.79 Å². The predicted octanol–water partition coefficient (Wildman–Crippen LogP) is 0.500. The Balaban J connectivity index is 1.72. The van der Waals surface area contributed by atoms with Crippen LogP contribution in [0.5, 0.6) is 0 Å². The molecule has 2 aromatic rings. The third-order valence-corrected chi connectivity index (χ3v) is 4.07. The fourth-order valence-electron chi connectivity index (χ4n) is 2.66. The standard InChI is InChI=1S/C15H21N7O/c1-10-18-19-14-9-21(4)12(8-22(10)14)15(23)17-11-5-6-13(16-7-11)20(2)3/h5-7,12H,8-9H2,1-4H3,(H,17,23). The molecule has 1 amide bonds. The minimum Gasteiger partial charge on any atom is -0.363 e. The SMILES string of the molecule is Cc1nnc2n1CC(C(=O)Nc1ccc(N(C)C)nc1)N(C)C2. The minimum atomic E-state index is -0.259. The molecule has 0 aromatic carbocycles. The first-order valence-corrected chi connectivity index (χ1v) is 7.49. The van der Waals surface area contributed by atoms with Crippen molar-refractivity contribution >= 4 is 17.4 Å². The highest BCUT2D eigenvalue weighted by molar-refractivity contribution is 5.94. The highest BCUT2D eigenvalue weighted by Crippen LogP contribution is 2.18. The minimum absolute atomic E-state index is 0.0503. The van der Waals surface area contributed by atoms with Gasteiger partial charge in [-0.2, -0.15) is 0 Å². The summed E-state index contributed by atoms with van der Waals surface area (Å²) in [4.78, 5) is 20.8. The van der Waals surface area contributed by atoms with Crippen molar-refractivity contribution in [2.75, 3.05) is 31.4 Å². The number of amides is 1. The van der Waals surface area contributed by atoms with Gasteiger partial charge >= 0.3 is 0 Å². The molecule has 122 valence electrons. The summed E-state index contributed by atoms with van der Waals surface area (Å²) in [5.41, 5.74) is 0.695. The number of likely N-dealkylation sites (N-methyl/N-ethyl adjacent to an activating group) is 1. The molecule has 1 unspecified atom stereocenters. The van der Waals surface area contributed by atoms with Crippen LogP contribution in [0.1, 0.15) is 11.6 Å². The molecule has 1 atom stereocenters. The third kappa shape index (κ3) is 3.02. The Hall–Kier alpha value is -2.48. The number of aryl methyl sites for hydroxylation is 1. The number of hydrogen-bond acceptors (Lipinski definition) is 6. The van der Waals surface area contributed by atoms with Crippen molar-refractivity contribution in [1.82, 2.24) is 24.6 Å². The second-order valence-corrected chi connectivity index (χ2v) is 5.99. The maximum Gasteiger partial charge on any atom is 0.243 e. The van der Waals surface area contributed by atoms with Crippen LogP contribution >= 0.6 is 0 Å². The van der Waals surface area contributed by atoms with Gasteiger partial charge in [0.1, 0.15) is 23.5 Å². The first-order chi connectivity index (χ1) is 11.0. The van der Waals surface area contributed by atoms with E-state index in [1.807, 2.05) is 54.6 Å². The molecular formula is C15H21N7O. The van der Waals surface area contributed by atoms with Gasteiger partial charge in [0.05, 0.1) is 25.0 Å². The van der Waals surface area contributed by atoms with Gasteiger partial charge in [0.15, 0.2) is 0 Å². The number of aromatic nitrogens is 4. The van der Waals surface area contributed by atoms with Crippen LogP contribution in [-0.4, -0.2) is 57.7 Å². The fraction of sp³-hybridized carbons (Fsp3) is 0.467. The van der Waals surface area contributed by atoms with E-state index in [2.05, 4.69) is 20.5 Å². The molecule has 0 bridgehead atoms. The number of hydrogen-bond donors (Lipinski definition) is 1. The first-order valence-electron chi connectivity index (χ1n) is 7.49. The third-order valence-electron chi connectivity index (χ3n) is 4.07. The number of pyridine rings is 1. The summed E-state index contributed by atoms with van der Waals surface area (Å²) in [7, 11) is 5.78. The van der Waals surface area contributed by atoms with Crippen LogP contribution in [-0.2, 0) is 17.9 Å². The lowest BCUT2D eigenvalue weighted by Gasteiger charge is -2.32. The molecule has 3 rings (SSSR count). The summed E-state index contributed by atoms with van der Waals surface area (Å²) in [6, 6.07) is 3.48. The molecule has 1 N–H and O–H groups in total. The van der Waals surface area contributed by atoms with E-state index < -0.39 is 0 Å². The van der Waals surface area contributed by atoms with Crippen LogP contribution in [0.25, 0.3) is 0 Å². The summed E-state index contributed by atoms with van der Waals surface area (Å²) >= 11 is 0. The van der Waals surface area contributed by atoms with Crippen molar-refractivity contribution in [1.29, 1.82) is 0 Å². The van der Waals surface area contributed by atoms with Crippen LogP contribution in [0.3, 0.4) is 0 Å². The van der Waals surface area contributed by atoms with Gasteiger partial charge in [-0.05, 0) is 26.1 Å². The molecule has 0 radical (unpaired) electrons. The van der Waals surface area contributed by atoms with Crippen LogP contribution in [0.4, 0.5) is 11.5 Å². The molecule has 23 heavy (non-hydrogen) atoms. The first kappa shape index (κ1) is 15.4. The number of fused-ring (bicyclic) bond motifs is 1. The number of nitrogens with one attached hydrogen (secondary N) is 1. The van der Waals surface area contributed by atoms with Crippen molar-refractivity contribution in [3.05, 3.63) is 30.0 Å². The summed E-state index contributed by atoms with van der Waals surface area (Å²) in [6.45, 7) is 3.07. The van der Waals surface area contributed by atoms with Crippen molar-refractivity contribution in [2.45, 2.75) is 26.1 Å². The molecule has 0 spiro atoms. The highest BCUT2D eigenvalue weighted by atomic mass is 16.2. The molecule has 1 aliphatic rings. The predicted molar refractivity (Wildman–Crippen MR) is 87.2 cm³/mol. The van der Waals surface area contributed by atoms with Crippen molar-refractivity contribution in [3.8, 4) is 0 Å². The van der Waals surface area contributed by atoms with Crippen LogP contribution in [0.15, 0.2) is 18.3 Å². The summed E-state index contributed by atoms with van der Waals surface area (Å²) in [5.74, 6) is 2.53. The largest absolute Gasteiger partial charge is 0.363 e. The Morgan fingerprint density at radius 3 is 2.78 bits per heavy atom. The fourth-order valence-corrected chi connectivity index (χ4v) is 2.66. The van der Waals surface area contributed by atoms with Gasteiger partial charge in [0, 0.05) is 14.1 Å².